The Kier molecular flexibility index (Phi) is 5.67. The van der Waals surface area contributed by atoms with E-state index in [0.717, 1.165) is 12.1 Å². The van der Waals surface area contributed by atoms with Crippen LogP contribution in [0.25, 0.3) is 0 Å². The molecule has 28 heavy (non-hydrogen) atoms. The van der Waals surface area contributed by atoms with E-state index in [1.165, 1.54) is 6.07 Å². The third-order valence-electron chi connectivity index (χ3n) is 4.13. The van der Waals surface area contributed by atoms with Crippen molar-refractivity contribution in [3.05, 3.63) is 48.0 Å². The number of rotatable bonds is 5. The van der Waals surface area contributed by atoms with E-state index in [1.54, 1.807) is 31.2 Å². The molecule has 0 bridgehead atoms. The van der Waals surface area contributed by atoms with E-state index >= 15 is 0 Å². The van der Waals surface area contributed by atoms with Gasteiger partial charge in [0.2, 0.25) is 6.10 Å². The molecule has 0 saturated heterocycles. The molecule has 5 nitrogen and oxygen atoms in total. The zero-order valence-corrected chi connectivity index (χ0v) is 15.4. The van der Waals surface area contributed by atoms with Gasteiger partial charge in [0.25, 0.3) is 5.91 Å². The fraction of sp³-hybridized carbons (Fsp3) is 0.350. The van der Waals surface area contributed by atoms with E-state index < -0.39 is 29.9 Å². The SMILES string of the molecule is CCCOc1ccc(C(F)(F)F)cc1NC(=O)C1Oc2ccccc2OC1C. The Balaban J connectivity index is 1.84. The highest BCUT2D eigenvalue weighted by Crippen LogP contribution is 2.37. The predicted molar refractivity (Wildman–Crippen MR) is 96.8 cm³/mol. The number of nitrogens with one attached hydrogen (secondary N) is 1. The Morgan fingerprint density at radius 1 is 1.14 bits per heavy atom. The number of carbonyl (C=O) groups excluding carboxylic acids is 1. The van der Waals surface area contributed by atoms with Crippen LogP contribution < -0.4 is 19.5 Å². The molecule has 1 aliphatic heterocycles. The molecule has 0 spiro atoms. The van der Waals surface area contributed by atoms with Gasteiger partial charge in [0.15, 0.2) is 11.5 Å². The van der Waals surface area contributed by atoms with Gasteiger partial charge in [-0.25, -0.2) is 0 Å². The maximum Gasteiger partial charge on any atom is 0.416 e. The van der Waals surface area contributed by atoms with Crippen LogP contribution in [0.5, 0.6) is 17.2 Å². The van der Waals surface area contributed by atoms with Crippen molar-refractivity contribution in [3.63, 3.8) is 0 Å². The van der Waals surface area contributed by atoms with Gasteiger partial charge in [-0.15, -0.1) is 0 Å². The molecule has 0 aliphatic carbocycles. The molecule has 2 unspecified atom stereocenters. The predicted octanol–water partition coefficient (Wildman–Crippen LogP) is 4.66. The Labute approximate surface area is 160 Å². The summed E-state index contributed by atoms with van der Waals surface area (Å²) in [6, 6.07) is 9.84. The number of amides is 1. The van der Waals surface area contributed by atoms with E-state index in [-0.39, 0.29) is 11.4 Å². The van der Waals surface area contributed by atoms with Gasteiger partial charge in [-0.1, -0.05) is 19.1 Å². The molecule has 150 valence electrons. The molecule has 1 N–H and O–H groups in total. The zero-order valence-electron chi connectivity index (χ0n) is 15.4. The summed E-state index contributed by atoms with van der Waals surface area (Å²) in [6.07, 6.45) is -5.52. The van der Waals surface area contributed by atoms with Crippen LogP contribution in [0.2, 0.25) is 0 Å². The third-order valence-corrected chi connectivity index (χ3v) is 4.13. The third kappa shape index (κ3) is 4.32. The molecule has 0 aromatic heterocycles. The second-order valence-corrected chi connectivity index (χ2v) is 6.35. The highest BCUT2D eigenvalue weighted by molar-refractivity contribution is 5.96. The monoisotopic (exact) mass is 395 g/mol. The summed E-state index contributed by atoms with van der Waals surface area (Å²) in [6.45, 7) is 3.83. The minimum absolute atomic E-state index is 0.0667. The minimum atomic E-state index is -4.54. The number of fused-ring (bicyclic) bond motifs is 1. The van der Waals surface area contributed by atoms with E-state index in [9.17, 15) is 18.0 Å². The van der Waals surface area contributed by atoms with Crippen LogP contribution in [0.15, 0.2) is 42.5 Å². The molecule has 2 aromatic rings. The van der Waals surface area contributed by atoms with E-state index in [0.29, 0.717) is 24.5 Å². The summed E-state index contributed by atoms with van der Waals surface area (Å²) in [5, 5.41) is 2.49. The lowest BCUT2D eigenvalue weighted by molar-refractivity contribution is -0.137. The van der Waals surface area contributed by atoms with Gasteiger partial charge in [-0.3, -0.25) is 4.79 Å². The van der Waals surface area contributed by atoms with Crippen molar-refractivity contribution < 1.29 is 32.2 Å². The van der Waals surface area contributed by atoms with Crippen molar-refractivity contribution in [3.8, 4) is 17.2 Å². The Hall–Kier alpha value is -2.90. The lowest BCUT2D eigenvalue weighted by Crippen LogP contribution is -2.46. The van der Waals surface area contributed by atoms with Crippen molar-refractivity contribution in [2.45, 2.75) is 38.7 Å². The highest BCUT2D eigenvalue weighted by atomic mass is 19.4. The molecular weight excluding hydrogens is 375 g/mol. The van der Waals surface area contributed by atoms with Gasteiger partial charge in [-0.05, 0) is 43.7 Å². The summed E-state index contributed by atoms with van der Waals surface area (Å²) >= 11 is 0. The van der Waals surface area contributed by atoms with Crippen molar-refractivity contribution in [1.29, 1.82) is 0 Å². The largest absolute Gasteiger partial charge is 0.491 e. The van der Waals surface area contributed by atoms with Crippen LogP contribution in [0.1, 0.15) is 25.8 Å². The fourth-order valence-electron chi connectivity index (χ4n) is 2.75. The van der Waals surface area contributed by atoms with Crippen LogP contribution in [0, 0.1) is 0 Å². The molecule has 0 radical (unpaired) electrons. The number of alkyl halides is 3. The molecular formula is C20H20F3NO4. The standard InChI is InChI=1S/C20H20F3NO4/c1-3-10-26-15-9-8-13(20(21,22)23)11-14(15)24-19(25)18-12(2)27-16-6-4-5-7-17(16)28-18/h4-9,11-12,18H,3,10H2,1-2H3,(H,24,25). The molecule has 2 atom stereocenters. The second kappa shape index (κ2) is 8.00. The minimum Gasteiger partial charge on any atom is -0.491 e. The summed E-state index contributed by atoms with van der Waals surface area (Å²) in [5.41, 5.74) is -0.950. The Morgan fingerprint density at radius 2 is 1.82 bits per heavy atom. The van der Waals surface area contributed by atoms with Crippen LogP contribution >= 0.6 is 0 Å². The second-order valence-electron chi connectivity index (χ2n) is 6.35. The van der Waals surface area contributed by atoms with Gasteiger partial charge in [0.1, 0.15) is 11.9 Å². The number of halogens is 3. The van der Waals surface area contributed by atoms with Crippen LogP contribution in [0.4, 0.5) is 18.9 Å². The van der Waals surface area contributed by atoms with Gasteiger partial charge < -0.3 is 19.5 Å². The Bertz CT molecular complexity index is 854. The van der Waals surface area contributed by atoms with E-state index in [2.05, 4.69) is 5.32 Å². The van der Waals surface area contributed by atoms with Crippen molar-refractivity contribution in [1.82, 2.24) is 0 Å². The topological polar surface area (TPSA) is 56.8 Å². The number of ether oxygens (including phenoxy) is 3. The van der Waals surface area contributed by atoms with E-state index in [1.807, 2.05) is 6.92 Å². The number of carbonyl (C=O) groups is 1. The molecule has 1 amide bonds. The first-order valence-electron chi connectivity index (χ1n) is 8.87. The van der Waals surface area contributed by atoms with Gasteiger partial charge in [0, 0.05) is 0 Å². The van der Waals surface area contributed by atoms with E-state index in [4.69, 9.17) is 14.2 Å². The molecule has 8 heteroatoms. The quantitative estimate of drug-likeness (QED) is 0.800. The molecule has 2 aromatic carbocycles. The lowest BCUT2D eigenvalue weighted by atomic mass is 10.1. The molecule has 1 aliphatic rings. The molecule has 1 heterocycles. The molecule has 0 saturated carbocycles. The zero-order chi connectivity index (χ0) is 20.3. The normalized spacial score (nSPS) is 18.5. The average Bonchev–Trinajstić information content (AvgIpc) is 2.65. The van der Waals surface area contributed by atoms with Gasteiger partial charge in [-0.2, -0.15) is 13.2 Å². The van der Waals surface area contributed by atoms with Crippen molar-refractivity contribution in [2.75, 3.05) is 11.9 Å². The average molecular weight is 395 g/mol. The first-order valence-corrected chi connectivity index (χ1v) is 8.87. The maximum absolute atomic E-state index is 13.1. The first kappa shape index (κ1) is 19.9. The summed E-state index contributed by atoms with van der Waals surface area (Å²) in [4.78, 5) is 12.7. The van der Waals surface area contributed by atoms with Gasteiger partial charge in [0.05, 0.1) is 17.9 Å². The summed E-state index contributed by atoms with van der Waals surface area (Å²) < 4.78 is 56.1. The van der Waals surface area contributed by atoms with Crippen molar-refractivity contribution >= 4 is 11.6 Å². The van der Waals surface area contributed by atoms with Crippen LogP contribution in [-0.4, -0.2) is 24.7 Å². The van der Waals surface area contributed by atoms with Crippen molar-refractivity contribution in [2.24, 2.45) is 0 Å². The fourth-order valence-corrected chi connectivity index (χ4v) is 2.75. The number of hydrogen-bond acceptors (Lipinski definition) is 4. The first-order chi connectivity index (χ1) is 13.3. The molecule has 3 rings (SSSR count). The highest BCUT2D eigenvalue weighted by Gasteiger charge is 2.35. The Morgan fingerprint density at radius 3 is 2.46 bits per heavy atom. The molecule has 0 fully saturated rings. The number of hydrogen-bond donors (Lipinski definition) is 1. The smallest absolute Gasteiger partial charge is 0.416 e. The number of benzene rings is 2. The summed E-state index contributed by atoms with van der Waals surface area (Å²) in [7, 11) is 0. The lowest BCUT2D eigenvalue weighted by Gasteiger charge is -2.31. The van der Waals surface area contributed by atoms with Crippen LogP contribution in [-0.2, 0) is 11.0 Å². The van der Waals surface area contributed by atoms with Gasteiger partial charge >= 0.3 is 6.18 Å². The van der Waals surface area contributed by atoms with Crippen LogP contribution in [0.3, 0.4) is 0 Å². The maximum atomic E-state index is 13.1. The summed E-state index contributed by atoms with van der Waals surface area (Å²) in [5.74, 6) is 0.438. The number of para-hydroxylation sites is 2. The number of anilines is 1.